The van der Waals surface area contributed by atoms with Gasteiger partial charge < -0.3 is 4.74 Å². The first-order valence-corrected chi connectivity index (χ1v) is 8.45. The second-order valence-corrected chi connectivity index (χ2v) is 6.00. The van der Waals surface area contributed by atoms with Gasteiger partial charge in [-0.25, -0.2) is 4.39 Å². The first kappa shape index (κ1) is 17.0. The van der Waals surface area contributed by atoms with E-state index in [1.54, 1.807) is 19.1 Å². The number of allylic oxidation sites excluding steroid dienone is 2. The third-order valence-electron chi connectivity index (χ3n) is 4.42. The number of halogens is 2. The standard InChI is InChI=1S/C19H26F2O/c1-3-5-6-7-14-8-10-15(11-9-14)16-12-13-17(22-4-2)19(21)18(16)20/h8,12-13,15H,3-7,9-11H2,1-2H3. The van der Waals surface area contributed by atoms with Crippen LogP contribution >= 0.6 is 0 Å². The molecular formula is C19H26F2O. The average molecular weight is 308 g/mol. The molecule has 2 rings (SSSR count). The van der Waals surface area contributed by atoms with Crippen LogP contribution in [0.1, 0.15) is 70.3 Å². The Morgan fingerprint density at radius 3 is 2.59 bits per heavy atom. The fourth-order valence-electron chi connectivity index (χ4n) is 3.13. The van der Waals surface area contributed by atoms with E-state index >= 15 is 0 Å². The molecule has 0 spiro atoms. The molecule has 1 nitrogen and oxygen atoms in total. The summed E-state index contributed by atoms with van der Waals surface area (Å²) in [5, 5.41) is 0. The Balaban J connectivity index is 2.03. The van der Waals surface area contributed by atoms with Gasteiger partial charge in [-0.15, -0.1) is 0 Å². The molecule has 0 aromatic heterocycles. The highest BCUT2D eigenvalue weighted by Crippen LogP contribution is 2.37. The molecule has 0 heterocycles. The van der Waals surface area contributed by atoms with Crippen molar-refractivity contribution in [2.45, 2.75) is 64.7 Å². The Morgan fingerprint density at radius 1 is 1.14 bits per heavy atom. The van der Waals surface area contributed by atoms with Crippen LogP contribution in [0.2, 0.25) is 0 Å². The largest absolute Gasteiger partial charge is 0.491 e. The minimum absolute atomic E-state index is 0.00959. The zero-order valence-corrected chi connectivity index (χ0v) is 13.6. The van der Waals surface area contributed by atoms with Gasteiger partial charge in [0, 0.05) is 0 Å². The highest BCUT2D eigenvalue weighted by molar-refractivity contribution is 5.34. The van der Waals surface area contributed by atoms with Crippen LogP contribution in [0.4, 0.5) is 8.78 Å². The zero-order chi connectivity index (χ0) is 15.9. The van der Waals surface area contributed by atoms with E-state index in [9.17, 15) is 8.78 Å². The smallest absolute Gasteiger partial charge is 0.200 e. The van der Waals surface area contributed by atoms with Crippen molar-refractivity contribution in [3.63, 3.8) is 0 Å². The molecule has 0 aliphatic heterocycles. The molecule has 1 atom stereocenters. The predicted octanol–water partition coefficient (Wildman–Crippen LogP) is 6.14. The zero-order valence-electron chi connectivity index (χ0n) is 13.6. The fraction of sp³-hybridized carbons (Fsp3) is 0.579. The van der Waals surface area contributed by atoms with Gasteiger partial charge in [-0.2, -0.15) is 4.39 Å². The van der Waals surface area contributed by atoms with Crippen LogP contribution in [-0.4, -0.2) is 6.61 Å². The van der Waals surface area contributed by atoms with E-state index in [1.165, 1.54) is 24.8 Å². The Hall–Kier alpha value is -1.38. The molecule has 0 fully saturated rings. The van der Waals surface area contributed by atoms with Crippen LogP contribution in [0.25, 0.3) is 0 Å². The maximum Gasteiger partial charge on any atom is 0.200 e. The fourth-order valence-corrected chi connectivity index (χ4v) is 3.13. The Labute approximate surface area is 132 Å². The van der Waals surface area contributed by atoms with Gasteiger partial charge in [-0.3, -0.25) is 0 Å². The van der Waals surface area contributed by atoms with E-state index in [0.29, 0.717) is 12.2 Å². The summed E-state index contributed by atoms with van der Waals surface area (Å²) >= 11 is 0. The molecular weight excluding hydrogens is 282 g/mol. The van der Waals surface area contributed by atoms with Gasteiger partial charge >= 0.3 is 0 Å². The number of hydrogen-bond donors (Lipinski definition) is 0. The normalized spacial score (nSPS) is 18.2. The van der Waals surface area contributed by atoms with Crippen molar-refractivity contribution in [1.29, 1.82) is 0 Å². The van der Waals surface area contributed by atoms with Gasteiger partial charge in [0.05, 0.1) is 6.61 Å². The maximum atomic E-state index is 14.2. The molecule has 0 saturated heterocycles. The van der Waals surface area contributed by atoms with Gasteiger partial charge in [-0.05, 0) is 56.6 Å². The molecule has 0 N–H and O–H groups in total. The number of ether oxygens (including phenoxy) is 1. The van der Waals surface area contributed by atoms with Gasteiger partial charge in [0.15, 0.2) is 11.6 Å². The highest BCUT2D eigenvalue weighted by atomic mass is 19.2. The van der Waals surface area contributed by atoms with Gasteiger partial charge in [-0.1, -0.05) is 37.5 Å². The minimum Gasteiger partial charge on any atom is -0.491 e. The Bertz CT molecular complexity index is 522. The lowest BCUT2D eigenvalue weighted by molar-refractivity contribution is 0.312. The Morgan fingerprint density at radius 2 is 1.95 bits per heavy atom. The molecule has 0 radical (unpaired) electrons. The summed E-state index contributed by atoms with van der Waals surface area (Å²) in [6, 6.07) is 3.24. The predicted molar refractivity (Wildman–Crippen MR) is 86.3 cm³/mol. The summed E-state index contributed by atoms with van der Waals surface area (Å²) in [4.78, 5) is 0. The lowest BCUT2D eigenvalue weighted by Crippen LogP contribution is -2.09. The van der Waals surface area contributed by atoms with Crippen molar-refractivity contribution in [2.24, 2.45) is 0 Å². The third-order valence-corrected chi connectivity index (χ3v) is 4.42. The van der Waals surface area contributed by atoms with Crippen LogP contribution in [0.5, 0.6) is 5.75 Å². The van der Waals surface area contributed by atoms with Crippen LogP contribution in [0.15, 0.2) is 23.8 Å². The van der Waals surface area contributed by atoms with E-state index in [-0.39, 0.29) is 11.7 Å². The second kappa shape index (κ2) is 8.30. The molecule has 0 amide bonds. The minimum atomic E-state index is -0.850. The summed E-state index contributed by atoms with van der Waals surface area (Å²) in [5.74, 6) is -1.49. The molecule has 1 aromatic rings. The summed E-state index contributed by atoms with van der Waals surface area (Å²) in [6.07, 6.45) is 9.83. The third kappa shape index (κ3) is 4.08. The average Bonchev–Trinajstić information content (AvgIpc) is 2.53. The lowest BCUT2D eigenvalue weighted by atomic mass is 9.83. The van der Waals surface area contributed by atoms with Gasteiger partial charge in [0.1, 0.15) is 0 Å². The number of hydrogen-bond acceptors (Lipinski definition) is 1. The van der Waals surface area contributed by atoms with Crippen LogP contribution in [0, 0.1) is 11.6 Å². The van der Waals surface area contributed by atoms with Gasteiger partial charge in [0.2, 0.25) is 5.82 Å². The van der Waals surface area contributed by atoms with Crippen molar-refractivity contribution >= 4 is 0 Å². The molecule has 0 saturated carbocycles. The molecule has 1 unspecified atom stereocenters. The van der Waals surface area contributed by atoms with Gasteiger partial charge in [0.25, 0.3) is 0 Å². The van der Waals surface area contributed by atoms with Crippen LogP contribution in [0.3, 0.4) is 0 Å². The highest BCUT2D eigenvalue weighted by Gasteiger charge is 2.23. The van der Waals surface area contributed by atoms with E-state index in [4.69, 9.17) is 4.74 Å². The molecule has 1 aliphatic carbocycles. The summed E-state index contributed by atoms with van der Waals surface area (Å²) in [5.41, 5.74) is 1.97. The molecule has 1 aliphatic rings. The monoisotopic (exact) mass is 308 g/mol. The molecule has 122 valence electrons. The first-order valence-electron chi connectivity index (χ1n) is 8.45. The van der Waals surface area contributed by atoms with Crippen molar-refractivity contribution in [3.05, 3.63) is 41.0 Å². The van der Waals surface area contributed by atoms with Crippen LogP contribution < -0.4 is 4.74 Å². The van der Waals surface area contributed by atoms with E-state index < -0.39 is 11.6 Å². The lowest BCUT2D eigenvalue weighted by Gasteiger charge is -2.23. The summed E-state index contributed by atoms with van der Waals surface area (Å²) in [6.45, 7) is 4.30. The number of unbranched alkanes of at least 4 members (excludes halogenated alkanes) is 2. The van der Waals surface area contributed by atoms with Crippen LogP contribution in [-0.2, 0) is 0 Å². The number of benzene rings is 1. The summed E-state index contributed by atoms with van der Waals surface area (Å²) < 4.78 is 33.3. The topological polar surface area (TPSA) is 9.23 Å². The van der Waals surface area contributed by atoms with Crippen molar-refractivity contribution in [3.8, 4) is 5.75 Å². The van der Waals surface area contributed by atoms with Crippen molar-refractivity contribution in [1.82, 2.24) is 0 Å². The SMILES string of the molecule is CCCCCC1=CCC(c2ccc(OCC)c(F)c2F)CC1. The molecule has 3 heteroatoms. The molecule has 22 heavy (non-hydrogen) atoms. The first-order chi connectivity index (χ1) is 10.7. The number of rotatable bonds is 7. The maximum absolute atomic E-state index is 14.2. The summed E-state index contributed by atoms with van der Waals surface area (Å²) in [7, 11) is 0. The van der Waals surface area contributed by atoms with Crippen molar-refractivity contribution in [2.75, 3.05) is 6.61 Å². The van der Waals surface area contributed by atoms with E-state index in [0.717, 1.165) is 25.7 Å². The van der Waals surface area contributed by atoms with E-state index in [1.807, 2.05) is 0 Å². The molecule has 0 bridgehead atoms. The Kier molecular flexibility index (Phi) is 6.41. The van der Waals surface area contributed by atoms with Crippen molar-refractivity contribution < 1.29 is 13.5 Å². The molecule has 1 aromatic carbocycles. The second-order valence-electron chi connectivity index (χ2n) is 6.00. The van der Waals surface area contributed by atoms with E-state index in [2.05, 4.69) is 13.0 Å². The quantitative estimate of drug-likeness (QED) is 0.434.